The first-order valence-corrected chi connectivity index (χ1v) is 6.95. The van der Waals surface area contributed by atoms with E-state index in [2.05, 4.69) is 27.7 Å². The summed E-state index contributed by atoms with van der Waals surface area (Å²) < 4.78 is 40.7. The summed E-state index contributed by atoms with van der Waals surface area (Å²) in [5.41, 5.74) is 6.68. The zero-order valence-electron chi connectivity index (χ0n) is 9.97. The van der Waals surface area contributed by atoms with Crippen molar-refractivity contribution in [3.63, 3.8) is 0 Å². The van der Waals surface area contributed by atoms with Gasteiger partial charge in [-0.1, -0.05) is 6.42 Å². The normalized spacial score (nSPS) is 25.4. The summed E-state index contributed by atoms with van der Waals surface area (Å²) in [6, 6.07) is -0.229. The lowest BCUT2D eigenvalue weighted by molar-refractivity contribution is -0.185. The van der Waals surface area contributed by atoms with Crippen molar-refractivity contribution in [2.45, 2.75) is 44.8 Å². The van der Waals surface area contributed by atoms with E-state index in [9.17, 15) is 13.2 Å². The van der Waals surface area contributed by atoms with E-state index in [1.54, 1.807) is 4.68 Å². The molecule has 1 fully saturated rings. The van der Waals surface area contributed by atoms with Crippen LogP contribution in [-0.4, -0.2) is 16.0 Å². The highest BCUT2D eigenvalue weighted by Crippen LogP contribution is 2.42. The minimum Gasteiger partial charge on any atom is -0.383 e. The summed E-state index contributed by atoms with van der Waals surface area (Å²) in [5, 5.41) is 4.27. The van der Waals surface area contributed by atoms with Crippen molar-refractivity contribution >= 4 is 28.4 Å². The van der Waals surface area contributed by atoms with Gasteiger partial charge in [-0.2, -0.15) is 18.3 Å². The maximum atomic E-state index is 12.8. The Bertz CT molecular complexity index is 441. The number of halogens is 4. The molecule has 18 heavy (non-hydrogen) atoms. The first-order chi connectivity index (χ1) is 8.30. The van der Waals surface area contributed by atoms with Crippen LogP contribution < -0.4 is 5.73 Å². The molecule has 0 amide bonds. The Balaban J connectivity index is 2.21. The molecule has 1 aliphatic rings. The van der Waals surface area contributed by atoms with Crippen LogP contribution in [-0.2, 0) is 0 Å². The Morgan fingerprint density at radius 3 is 2.56 bits per heavy atom. The fourth-order valence-corrected chi connectivity index (χ4v) is 2.86. The average Bonchev–Trinajstić information content (AvgIpc) is 2.56. The molecule has 1 saturated carbocycles. The SMILES string of the molecule is Cc1nn(C2CCCC(C(F)(F)F)C2)c(N)c1I. The lowest BCUT2D eigenvalue weighted by Gasteiger charge is -2.31. The number of alkyl halides is 3. The van der Waals surface area contributed by atoms with Gasteiger partial charge in [0, 0.05) is 0 Å². The fraction of sp³-hybridized carbons (Fsp3) is 0.727. The third-order valence-electron chi connectivity index (χ3n) is 3.50. The molecule has 0 radical (unpaired) electrons. The molecule has 0 spiro atoms. The number of nitrogens with two attached hydrogens (primary N) is 1. The van der Waals surface area contributed by atoms with E-state index < -0.39 is 12.1 Å². The molecule has 0 aliphatic heterocycles. The quantitative estimate of drug-likeness (QED) is 0.764. The Morgan fingerprint density at radius 2 is 2.06 bits per heavy atom. The number of rotatable bonds is 1. The van der Waals surface area contributed by atoms with Crippen molar-refractivity contribution < 1.29 is 13.2 Å². The molecule has 102 valence electrons. The van der Waals surface area contributed by atoms with Gasteiger partial charge in [0.05, 0.1) is 21.2 Å². The first kappa shape index (κ1) is 14.0. The average molecular weight is 373 g/mol. The van der Waals surface area contributed by atoms with Gasteiger partial charge < -0.3 is 5.73 Å². The van der Waals surface area contributed by atoms with Crippen LogP contribution in [0.15, 0.2) is 0 Å². The maximum absolute atomic E-state index is 12.8. The van der Waals surface area contributed by atoms with Crippen LogP contribution in [0.3, 0.4) is 0 Å². The Hall–Kier alpha value is -0.470. The van der Waals surface area contributed by atoms with Gasteiger partial charge in [-0.15, -0.1) is 0 Å². The van der Waals surface area contributed by atoms with Crippen LogP contribution in [0, 0.1) is 16.4 Å². The zero-order valence-corrected chi connectivity index (χ0v) is 12.1. The molecule has 2 rings (SSSR count). The van der Waals surface area contributed by atoms with Crippen LogP contribution in [0.25, 0.3) is 0 Å². The van der Waals surface area contributed by atoms with Gasteiger partial charge in [-0.3, -0.25) is 0 Å². The molecule has 3 nitrogen and oxygen atoms in total. The summed E-state index contributed by atoms with van der Waals surface area (Å²) in [6.07, 6.45) is -2.51. The summed E-state index contributed by atoms with van der Waals surface area (Å²) in [4.78, 5) is 0. The molecule has 2 atom stereocenters. The van der Waals surface area contributed by atoms with Crippen molar-refractivity contribution in [3.8, 4) is 0 Å². The van der Waals surface area contributed by atoms with E-state index >= 15 is 0 Å². The fourth-order valence-electron chi connectivity index (χ4n) is 2.51. The Morgan fingerprint density at radius 1 is 1.39 bits per heavy atom. The molecule has 1 aliphatic carbocycles. The van der Waals surface area contributed by atoms with E-state index in [1.807, 2.05) is 6.92 Å². The highest BCUT2D eigenvalue weighted by atomic mass is 127. The number of aromatic nitrogens is 2. The second kappa shape index (κ2) is 4.90. The summed E-state index contributed by atoms with van der Waals surface area (Å²) in [6.45, 7) is 1.82. The number of aryl methyl sites for hydroxylation is 1. The highest BCUT2D eigenvalue weighted by molar-refractivity contribution is 14.1. The lowest BCUT2D eigenvalue weighted by Crippen LogP contribution is -2.30. The van der Waals surface area contributed by atoms with E-state index in [1.165, 1.54) is 0 Å². The van der Waals surface area contributed by atoms with Gasteiger partial charge in [-0.05, 0) is 48.8 Å². The first-order valence-electron chi connectivity index (χ1n) is 5.87. The summed E-state index contributed by atoms with van der Waals surface area (Å²) in [5.74, 6) is -0.737. The smallest absolute Gasteiger partial charge is 0.383 e. The number of anilines is 1. The van der Waals surface area contributed by atoms with Crippen LogP contribution in [0.5, 0.6) is 0 Å². The third kappa shape index (κ3) is 2.60. The highest BCUT2D eigenvalue weighted by Gasteiger charge is 2.43. The van der Waals surface area contributed by atoms with Gasteiger partial charge in [0.1, 0.15) is 5.82 Å². The van der Waals surface area contributed by atoms with Crippen LogP contribution >= 0.6 is 22.6 Å². The number of hydrogen-bond donors (Lipinski definition) is 1. The molecule has 1 aromatic heterocycles. The largest absolute Gasteiger partial charge is 0.391 e. The predicted octanol–water partition coefficient (Wildman–Crippen LogP) is 3.67. The molecule has 2 unspecified atom stereocenters. The summed E-state index contributed by atoms with van der Waals surface area (Å²) in [7, 11) is 0. The lowest BCUT2D eigenvalue weighted by atomic mass is 9.85. The molecule has 0 aromatic carbocycles. The van der Waals surface area contributed by atoms with Gasteiger partial charge in [-0.25, -0.2) is 4.68 Å². The summed E-state index contributed by atoms with van der Waals surface area (Å²) >= 11 is 2.08. The van der Waals surface area contributed by atoms with Gasteiger partial charge >= 0.3 is 6.18 Å². The Kier molecular flexibility index (Phi) is 3.80. The molecule has 7 heteroatoms. The van der Waals surface area contributed by atoms with Crippen molar-refractivity contribution in [2.75, 3.05) is 5.73 Å². The number of nitrogens with zero attached hydrogens (tertiary/aromatic N) is 2. The van der Waals surface area contributed by atoms with Crippen LogP contribution in [0.4, 0.5) is 19.0 Å². The molecule has 1 aromatic rings. The molecule has 2 N–H and O–H groups in total. The number of hydrogen-bond acceptors (Lipinski definition) is 2. The van der Waals surface area contributed by atoms with Crippen molar-refractivity contribution in [3.05, 3.63) is 9.26 Å². The van der Waals surface area contributed by atoms with Crippen LogP contribution in [0.1, 0.15) is 37.4 Å². The van der Waals surface area contributed by atoms with Crippen molar-refractivity contribution in [1.29, 1.82) is 0 Å². The second-order valence-corrected chi connectivity index (χ2v) is 5.87. The molecular weight excluding hydrogens is 358 g/mol. The minimum atomic E-state index is -4.11. The maximum Gasteiger partial charge on any atom is 0.391 e. The predicted molar refractivity (Wildman–Crippen MR) is 71.1 cm³/mol. The van der Waals surface area contributed by atoms with E-state index in [4.69, 9.17) is 5.73 Å². The molecule has 0 bridgehead atoms. The van der Waals surface area contributed by atoms with Crippen molar-refractivity contribution in [2.24, 2.45) is 5.92 Å². The monoisotopic (exact) mass is 373 g/mol. The molecule has 0 saturated heterocycles. The zero-order chi connectivity index (χ0) is 13.5. The van der Waals surface area contributed by atoms with E-state index in [0.717, 1.165) is 9.26 Å². The van der Waals surface area contributed by atoms with Gasteiger partial charge in [0.25, 0.3) is 0 Å². The van der Waals surface area contributed by atoms with Gasteiger partial charge in [0.2, 0.25) is 0 Å². The topological polar surface area (TPSA) is 43.8 Å². The Labute approximate surface area is 117 Å². The van der Waals surface area contributed by atoms with Crippen LogP contribution in [0.2, 0.25) is 0 Å². The molecule has 1 heterocycles. The van der Waals surface area contributed by atoms with E-state index in [-0.39, 0.29) is 18.9 Å². The second-order valence-electron chi connectivity index (χ2n) is 4.79. The van der Waals surface area contributed by atoms with Gasteiger partial charge in [0.15, 0.2) is 0 Å². The minimum absolute atomic E-state index is 0.0882. The number of nitrogen functional groups attached to an aromatic ring is 1. The van der Waals surface area contributed by atoms with Crippen molar-refractivity contribution in [1.82, 2.24) is 9.78 Å². The van der Waals surface area contributed by atoms with E-state index in [0.29, 0.717) is 18.7 Å². The third-order valence-corrected chi connectivity index (χ3v) is 4.84. The molecular formula is C11H15F3IN3. The standard InChI is InChI=1S/C11H15F3IN3/c1-6-9(15)10(16)18(17-6)8-4-2-3-7(5-8)11(12,13)14/h7-8H,2-5,16H2,1H3.